The van der Waals surface area contributed by atoms with E-state index >= 15 is 0 Å². The van der Waals surface area contributed by atoms with Crippen LogP contribution in [0.15, 0.2) is 36.0 Å². The maximum Gasteiger partial charge on any atom is 0.303 e. The summed E-state index contributed by atoms with van der Waals surface area (Å²) in [6.45, 7) is 4.25. The van der Waals surface area contributed by atoms with Crippen LogP contribution in [-0.2, 0) is 16.0 Å². The van der Waals surface area contributed by atoms with Crippen molar-refractivity contribution in [3.8, 4) is 6.07 Å². The zero-order chi connectivity index (χ0) is 17.9. The van der Waals surface area contributed by atoms with E-state index in [1.54, 1.807) is 0 Å². The summed E-state index contributed by atoms with van der Waals surface area (Å²) in [5, 5.41) is 23.2. The van der Waals surface area contributed by atoms with E-state index < -0.39 is 11.9 Å². The second-order valence-corrected chi connectivity index (χ2v) is 5.41. The zero-order valence-electron chi connectivity index (χ0n) is 14.0. The normalized spacial score (nSPS) is 12.1. The van der Waals surface area contributed by atoms with Crippen LogP contribution in [0.2, 0.25) is 0 Å². The molecule has 0 bridgehead atoms. The molecule has 128 valence electrons. The van der Waals surface area contributed by atoms with Gasteiger partial charge in [-0.1, -0.05) is 31.2 Å². The SMILES string of the molecule is CCc1ccc(C(C)N/C=C(/C#N)C(=O)NCCCC(=O)O)cc1. The third-order valence-corrected chi connectivity index (χ3v) is 3.58. The monoisotopic (exact) mass is 329 g/mol. The van der Waals surface area contributed by atoms with Gasteiger partial charge in [-0.15, -0.1) is 0 Å². The molecule has 0 aliphatic rings. The second kappa shape index (κ2) is 10.1. The summed E-state index contributed by atoms with van der Waals surface area (Å²) >= 11 is 0. The van der Waals surface area contributed by atoms with Crippen molar-refractivity contribution in [3.05, 3.63) is 47.2 Å². The van der Waals surface area contributed by atoms with Gasteiger partial charge in [0.1, 0.15) is 11.6 Å². The number of carbonyl (C=O) groups is 2. The number of rotatable bonds is 9. The Labute approximate surface area is 142 Å². The summed E-state index contributed by atoms with van der Waals surface area (Å²) in [5.74, 6) is -1.42. The van der Waals surface area contributed by atoms with Gasteiger partial charge in [-0.3, -0.25) is 9.59 Å². The smallest absolute Gasteiger partial charge is 0.303 e. The highest BCUT2D eigenvalue weighted by molar-refractivity contribution is 5.97. The van der Waals surface area contributed by atoms with Crippen LogP contribution in [0, 0.1) is 11.3 Å². The van der Waals surface area contributed by atoms with Crippen LogP contribution < -0.4 is 10.6 Å². The van der Waals surface area contributed by atoms with Crippen molar-refractivity contribution in [2.24, 2.45) is 0 Å². The third kappa shape index (κ3) is 6.53. The number of hydrogen-bond donors (Lipinski definition) is 3. The van der Waals surface area contributed by atoms with E-state index in [0.29, 0.717) is 6.42 Å². The Kier molecular flexibility index (Phi) is 8.06. The first-order valence-electron chi connectivity index (χ1n) is 7.93. The lowest BCUT2D eigenvalue weighted by atomic mass is 10.1. The molecule has 24 heavy (non-hydrogen) atoms. The average molecular weight is 329 g/mol. The lowest BCUT2D eigenvalue weighted by Gasteiger charge is -2.13. The minimum atomic E-state index is -0.912. The molecular formula is C18H23N3O3. The molecular weight excluding hydrogens is 306 g/mol. The van der Waals surface area contributed by atoms with Crippen LogP contribution in [0.1, 0.15) is 43.9 Å². The van der Waals surface area contributed by atoms with Gasteiger partial charge in [0.05, 0.1) is 0 Å². The number of aliphatic carboxylic acids is 1. The fraction of sp³-hybridized carbons (Fsp3) is 0.389. The highest BCUT2D eigenvalue weighted by Crippen LogP contribution is 2.14. The van der Waals surface area contributed by atoms with Gasteiger partial charge in [0.25, 0.3) is 5.91 Å². The van der Waals surface area contributed by atoms with Crippen LogP contribution >= 0.6 is 0 Å². The van der Waals surface area contributed by atoms with Crippen LogP contribution in [0.25, 0.3) is 0 Å². The molecule has 0 saturated heterocycles. The molecule has 1 unspecified atom stereocenters. The first-order valence-corrected chi connectivity index (χ1v) is 7.93. The first-order chi connectivity index (χ1) is 11.5. The van der Waals surface area contributed by atoms with Crippen LogP contribution in [0.5, 0.6) is 0 Å². The molecule has 0 radical (unpaired) electrons. The molecule has 6 heteroatoms. The number of nitriles is 1. The summed E-state index contributed by atoms with van der Waals surface area (Å²) in [4.78, 5) is 22.3. The summed E-state index contributed by atoms with van der Waals surface area (Å²) in [6, 6.07) is 9.94. The number of carbonyl (C=O) groups excluding carboxylic acids is 1. The van der Waals surface area contributed by atoms with E-state index in [2.05, 4.69) is 29.7 Å². The number of nitrogens with zero attached hydrogens (tertiary/aromatic N) is 1. The van der Waals surface area contributed by atoms with E-state index in [1.807, 2.05) is 25.1 Å². The van der Waals surface area contributed by atoms with Crippen molar-refractivity contribution < 1.29 is 14.7 Å². The Balaban J connectivity index is 2.56. The topological polar surface area (TPSA) is 102 Å². The molecule has 0 aliphatic heterocycles. The molecule has 0 spiro atoms. The molecule has 0 aliphatic carbocycles. The van der Waals surface area contributed by atoms with Crippen molar-refractivity contribution >= 4 is 11.9 Å². The van der Waals surface area contributed by atoms with E-state index in [4.69, 9.17) is 10.4 Å². The zero-order valence-corrected chi connectivity index (χ0v) is 14.0. The molecule has 3 N–H and O–H groups in total. The Morgan fingerprint density at radius 2 is 2.00 bits per heavy atom. The summed E-state index contributed by atoms with van der Waals surface area (Å²) in [6.07, 6.45) is 2.68. The number of carboxylic acids is 1. The molecule has 1 atom stereocenters. The molecule has 0 heterocycles. The lowest BCUT2D eigenvalue weighted by Crippen LogP contribution is -2.27. The maximum absolute atomic E-state index is 11.9. The lowest BCUT2D eigenvalue weighted by molar-refractivity contribution is -0.137. The maximum atomic E-state index is 11.9. The highest BCUT2D eigenvalue weighted by atomic mass is 16.4. The predicted molar refractivity (Wildman–Crippen MR) is 90.9 cm³/mol. The van der Waals surface area contributed by atoms with Gasteiger partial charge in [0.15, 0.2) is 0 Å². The van der Waals surface area contributed by atoms with Gasteiger partial charge in [-0.25, -0.2) is 0 Å². The quantitative estimate of drug-likeness (QED) is 0.366. The predicted octanol–water partition coefficient (Wildman–Crippen LogP) is 2.29. The van der Waals surface area contributed by atoms with Crippen molar-refractivity contribution in [1.82, 2.24) is 10.6 Å². The van der Waals surface area contributed by atoms with Crippen molar-refractivity contribution in [2.45, 2.75) is 39.2 Å². The Hall–Kier alpha value is -2.81. The molecule has 0 aromatic heterocycles. The van der Waals surface area contributed by atoms with Crippen molar-refractivity contribution in [1.29, 1.82) is 5.26 Å². The molecule has 1 amide bonds. The van der Waals surface area contributed by atoms with Crippen molar-refractivity contribution in [3.63, 3.8) is 0 Å². The van der Waals surface area contributed by atoms with E-state index in [-0.39, 0.29) is 24.6 Å². The third-order valence-electron chi connectivity index (χ3n) is 3.58. The number of amides is 1. The number of hydrogen-bond acceptors (Lipinski definition) is 4. The molecule has 1 aromatic carbocycles. The van der Waals surface area contributed by atoms with E-state index in [9.17, 15) is 9.59 Å². The molecule has 1 aromatic rings. The Morgan fingerprint density at radius 1 is 1.33 bits per heavy atom. The van der Waals surface area contributed by atoms with Gasteiger partial charge in [-0.05, 0) is 30.9 Å². The number of carboxylic acid groups (broad SMARTS) is 1. The standard InChI is InChI=1S/C18H23N3O3/c1-3-14-6-8-15(9-7-14)13(2)21-12-16(11-19)18(24)20-10-4-5-17(22)23/h6-9,12-13,21H,3-5,10H2,1-2H3,(H,20,24)(H,22,23)/b16-12-. The largest absolute Gasteiger partial charge is 0.481 e. The number of benzene rings is 1. The van der Waals surface area contributed by atoms with Gasteiger partial charge in [-0.2, -0.15) is 5.26 Å². The van der Waals surface area contributed by atoms with Crippen molar-refractivity contribution in [2.75, 3.05) is 6.54 Å². The summed E-state index contributed by atoms with van der Waals surface area (Å²) < 4.78 is 0. The fourth-order valence-electron chi connectivity index (χ4n) is 2.03. The second-order valence-electron chi connectivity index (χ2n) is 5.41. The number of nitrogens with one attached hydrogen (secondary N) is 2. The van der Waals surface area contributed by atoms with E-state index in [1.165, 1.54) is 11.8 Å². The molecule has 1 rings (SSSR count). The summed E-state index contributed by atoms with van der Waals surface area (Å²) in [5.41, 5.74) is 2.27. The fourth-order valence-corrected chi connectivity index (χ4v) is 2.03. The summed E-state index contributed by atoms with van der Waals surface area (Å²) in [7, 11) is 0. The highest BCUT2D eigenvalue weighted by Gasteiger charge is 2.10. The van der Waals surface area contributed by atoms with Crippen LogP contribution in [0.3, 0.4) is 0 Å². The minimum absolute atomic E-state index is 0.0189. The average Bonchev–Trinajstić information content (AvgIpc) is 2.59. The van der Waals surface area contributed by atoms with E-state index in [0.717, 1.165) is 12.0 Å². The number of aryl methyl sites for hydroxylation is 1. The van der Waals surface area contributed by atoms with Gasteiger partial charge in [0, 0.05) is 25.2 Å². The Bertz CT molecular complexity index is 630. The van der Waals surface area contributed by atoms with Gasteiger partial charge in [0.2, 0.25) is 0 Å². The first kappa shape index (κ1) is 19.2. The Morgan fingerprint density at radius 3 is 2.54 bits per heavy atom. The van der Waals surface area contributed by atoms with Gasteiger partial charge >= 0.3 is 5.97 Å². The van der Waals surface area contributed by atoms with Gasteiger partial charge < -0.3 is 15.7 Å². The molecule has 0 saturated carbocycles. The minimum Gasteiger partial charge on any atom is -0.481 e. The molecule has 0 fully saturated rings. The van der Waals surface area contributed by atoms with Crippen LogP contribution in [0.4, 0.5) is 0 Å². The van der Waals surface area contributed by atoms with Crippen LogP contribution in [-0.4, -0.2) is 23.5 Å². The molecule has 6 nitrogen and oxygen atoms in total.